The molecule has 1 amide bonds. The Morgan fingerprint density at radius 2 is 1.96 bits per heavy atom. The summed E-state index contributed by atoms with van der Waals surface area (Å²) in [5.41, 5.74) is 3.41. The highest BCUT2D eigenvalue weighted by Crippen LogP contribution is 2.31. The van der Waals surface area contributed by atoms with Crippen LogP contribution >= 0.6 is 0 Å². The van der Waals surface area contributed by atoms with Gasteiger partial charge in [-0.1, -0.05) is 37.3 Å². The first-order valence-electron chi connectivity index (χ1n) is 9.04. The number of hydrogen-bond acceptors (Lipinski definition) is 3. The van der Waals surface area contributed by atoms with Crippen LogP contribution in [0.25, 0.3) is 11.3 Å². The van der Waals surface area contributed by atoms with Gasteiger partial charge in [0, 0.05) is 36.7 Å². The number of aryl methyl sites for hydroxylation is 1. The summed E-state index contributed by atoms with van der Waals surface area (Å²) in [6, 6.07) is 14.1. The number of benzene rings is 1. The van der Waals surface area contributed by atoms with Crippen molar-refractivity contribution in [2.24, 2.45) is 0 Å². The molecule has 0 aliphatic carbocycles. The Labute approximate surface area is 153 Å². The number of fused-ring (bicyclic) bond motifs is 1. The third-order valence-electron chi connectivity index (χ3n) is 5.00. The molecule has 0 saturated heterocycles. The Hall–Kier alpha value is -2.95. The van der Waals surface area contributed by atoms with E-state index in [0.717, 1.165) is 18.5 Å². The SMILES string of the molecule is CCC1c2cccn2CCN1C(=O)c1cnc(C)nc1-c1ccccc1. The average molecular weight is 346 g/mol. The number of hydrogen-bond donors (Lipinski definition) is 0. The lowest BCUT2D eigenvalue weighted by Gasteiger charge is -2.36. The maximum atomic E-state index is 13.4. The highest BCUT2D eigenvalue weighted by atomic mass is 16.2. The van der Waals surface area contributed by atoms with Crippen molar-refractivity contribution in [1.29, 1.82) is 0 Å². The first-order valence-corrected chi connectivity index (χ1v) is 9.04. The molecule has 0 saturated carbocycles. The molecule has 1 aliphatic heterocycles. The first-order chi connectivity index (χ1) is 12.7. The normalized spacial score (nSPS) is 16.4. The molecule has 5 nitrogen and oxygen atoms in total. The van der Waals surface area contributed by atoms with Gasteiger partial charge in [-0.05, 0) is 25.5 Å². The van der Waals surface area contributed by atoms with E-state index in [1.165, 1.54) is 5.69 Å². The predicted octanol–water partition coefficient (Wildman–Crippen LogP) is 3.86. The van der Waals surface area contributed by atoms with Crippen molar-refractivity contribution in [3.8, 4) is 11.3 Å². The fourth-order valence-corrected chi connectivity index (χ4v) is 3.73. The van der Waals surface area contributed by atoms with Crippen molar-refractivity contribution in [2.45, 2.75) is 32.9 Å². The van der Waals surface area contributed by atoms with Gasteiger partial charge in [-0.15, -0.1) is 0 Å². The zero-order valence-corrected chi connectivity index (χ0v) is 15.1. The Kier molecular flexibility index (Phi) is 4.29. The number of carbonyl (C=O) groups is 1. The molecule has 0 spiro atoms. The van der Waals surface area contributed by atoms with Crippen LogP contribution in [0.1, 0.15) is 41.3 Å². The summed E-state index contributed by atoms with van der Waals surface area (Å²) in [5.74, 6) is 0.670. The van der Waals surface area contributed by atoms with Crippen LogP contribution in [0.5, 0.6) is 0 Å². The number of nitrogens with zero attached hydrogens (tertiary/aromatic N) is 4. The van der Waals surface area contributed by atoms with Gasteiger partial charge in [-0.25, -0.2) is 9.97 Å². The van der Waals surface area contributed by atoms with Gasteiger partial charge in [0.15, 0.2) is 0 Å². The third-order valence-corrected chi connectivity index (χ3v) is 5.00. The summed E-state index contributed by atoms with van der Waals surface area (Å²) in [7, 11) is 0. The second kappa shape index (κ2) is 6.75. The molecule has 1 aliphatic rings. The van der Waals surface area contributed by atoms with E-state index in [4.69, 9.17) is 0 Å². The molecule has 3 aromatic rings. The predicted molar refractivity (Wildman–Crippen MR) is 101 cm³/mol. The number of amides is 1. The molecule has 2 aromatic heterocycles. The van der Waals surface area contributed by atoms with Crippen molar-refractivity contribution < 1.29 is 4.79 Å². The minimum atomic E-state index is 0.00292. The molecule has 0 N–H and O–H groups in total. The molecule has 1 atom stereocenters. The zero-order chi connectivity index (χ0) is 18.1. The van der Waals surface area contributed by atoms with E-state index >= 15 is 0 Å². The summed E-state index contributed by atoms with van der Waals surface area (Å²) in [6.45, 7) is 5.49. The molecule has 0 fully saturated rings. The topological polar surface area (TPSA) is 51.0 Å². The van der Waals surface area contributed by atoms with Crippen LogP contribution in [0.4, 0.5) is 0 Å². The second-order valence-electron chi connectivity index (χ2n) is 6.59. The van der Waals surface area contributed by atoms with Crippen LogP contribution in [0.2, 0.25) is 0 Å². The Morgan fingerprint density at radius 3 is 2.73 bits per heavy atom. The largest absolute Gasteiger partial charge is 0.348 e. The van der Waals surface area contributed by atoms with E-state index < -0.39 is 0 Å². The lowest BCUT2D eigenvalue weighted by molar-refractivity contribution is 0.0618. The van der Waals surface area contributed by atoms with Crippen molar-refractivity contribution in [3.63, 3.8) is 0 Å². The fraction of sp³-hybridized carbons (Fsp3) is 0.286. The van der Waals surface area contributed by atoms with E-state index in [1.54, 1.807) is 6.20 Å². The highest BCUT2D eigenvalue weighted by Gasteiger charge is 2.31. The van der Waals surface area contributed by atoms with E-state index in [-0.39, 0.29) is 11.9 Å². The van der Waals surface area contributed by atoms with Crippen LogP contribution in [0.3, 0.4) is 0 Å². The zero-order valence-electron chi connectivity index (χ0n) is 15.1. The van der Waals surface area contributed by atoms with Gasteiger partial charge in [0.2, 0.25) is 0 Å². The maximum absolute atomic E-state index is 13.4. The Balaban J connectivity index is 1.75. The monoisotopic (exact) mass is 346 g/mol. The molecule has 1 aromatic carbocycles. The van der Waals surface area contributed by atoms with Gasteiger partial charge in [0.1, 0.15) is 5.82 Å². The maximum Gasteiger partial charge on any atom is 0.258 e. The average Bonchev–Trinajstić information content (AvgIpc) is 3.16. The summed E-state index contributed by atoms with van der Waals surface area (Å²) < 4.78 is 2.24. The fourth-order valence-electron chi connectivity index (χ4n) is 3.73. The number of carbonyl (C=O) groups excluding carboxylic acids is 1. The minimum absolute atomic E-state index is 0.00292. The molecule has 4 rings (SSSR count). The van der Waals surface area contributed by atoms with Crippen molar-refractivity contribution in [3.05, 3.63) is 71.9 Å². The van der Waals surface area contributed by atoms with Crippen molar-refractivity contribution in [2.75, 3.05) is 6.54 Å². The molecule has 5 heteroatoms. The van der Waals surface area contributed by atoms with Crippen LogP contribution in [-0.2, 0) is 6.54 Å². The van der Waals surface area contributed by atoms with Crippen LogP contribution in [0.15, 0.2) is 54.9 Å². The molecule has 0 bridgehead atoms. The molecular formula is C21H22N4O. The Morgan fingerprint density at radius 1 is 1.15 bits per heavy atom. The summed E-state index contributed by atoms with van der Waals surface area (Å²) in [4.78, 5) is 24.3. The van der Waals surface area contributed by atoms with E-state index in [0.29, 0.717) is 23.6 Å². The molecular weight excluding hydrogens is 324 g/mol. The van der Waals surface area contributed by atoms with Crippen LogP contribution in [-0.4, -0.2) is 31.9 Å². The van der Waals surface area contributed by atoms with Crippen LogP contribution < -0.4 is 0 Å². The molecule has 26 heavy (non-hydrogen) atoms. The number of rotatable bonds is 3. The number of aromatic nitrogens is 3. The van der Waals surface area contributed by atoms with E-state index in [9.17, 15) is 4.79 Å². The first kappa shape index (κ1) is 16.5. The molecule has 3 heterocycles. The summed E-state index contributed by atoms with van der Waals surface area (Å²) in [5, 5.41) is 0. The standard InChI is InChI=1S/C21H22N4O/c1-3-18-19-10-7-11-24(19)12-13-25(18)21(26)17-14-22-15(2)23-20(17)16-8-5-4-6-9-16/h4-11,14,18H,3,12-13H2,1-2H3. The molecule has 1 unspecified atom stereocenters. The van der Waals surface area contributed by atoms with E-state index in [1.807, 2.05) is 42.2 Å². The lowest BCUT2D eigenvalue weighted by atomic mass is 10.0. The van der Waals surface area contributed by atoms with Gasteiger partial charge in [0.05, 0.1) is 17.3 Å². The smallest absolute Gasteiger partial charge is 0.258 e. The minimum Gasteiger partial charge on any atom is -0.348 e. The van der Waals surface area contributed by atoms with Gasteiger partial charge < -0.3 is 9.47 Å². The van der Waals surface area contributed by atoms with Gasteiger partial charge in [-0.2, -0.15) is 0 Å². The summed E-state index contributed by atoms with van der Waals surface area (Å²) >= 11 is 0. The summed E-state index contributed by atoms with van der Waals surface area (Å²) in [6.07, 6.45) is 4.64. The molecule has 0 radical (unpaired) electrons. The third kappa shape index (κ3) is 2.79. The van der Waals surface area contributed by atoms with E-state index in [2.05, 4.69) is 39.8 Å². The quantitative estimate of drug-likeness (QED) is 0.723. The van der Waals surface area contributed by atoms with Gasteiger partial charge in [0.25, 0.3) is 5.91 Å². The van der Waals surface area contributed by atoms with Crippen LogP contribution in [0, 0.1) is 6.92 Å². The lowest BCUT2D eigenvalue weighted by Crippen LogP contribution is -2.42. The van der Waals surface area contributed by atoms with Crippen molar-refractivity contribution in [1.82, 2.24) is 19.4 Å². The second-order valence-corrected chi connectivity index (χ2v) is 6.59. The van der Waals surface area contributed by atoms with Gasteiger partial charge in [-0.3, -0.25) is 4.79 Å². The van der Waals surface area contributed by atoms with Gasteiger partial charge >= 0.3 is 0 Å². The highest BCUT2D eigenvalue weighted by molar-refractivity contribution is 5.99. The van der Waals surface area contributed by atoms with Crippen molar-refractivity contribution >= 4 is 5.91 Å². The Bertz CT molecular complexity index is 932. The molecule has 132 valence electrons.